The first kappa shape index (κ1) is 15.6. The second-order valence-electron chi connectivity index (χ2n) is 6.24. The third-order valence-corrected chi connectivity index (χ3v) is 4.94. The molecule has 1 fully saturated rings. The van der Waals surface area contributed by atoms with Crippen molar-refractivity contribution in [2.45, 2.75) is 13.0 Å². The molecule has 0 amide bonds. The Morgan fingerprint density at radius 1 is 1.23 bits per heavy atom. The molecule has 0 saturated carbocycles. The first-order valence-corrected chi connectivity index (χ1v) is 8.22. The van der Waals surface area contributed by atoms with Crippen LogP contribution >= 0.6 is 0 Å². The van der Waals surface area contributed by atoms with E-state index < -0.39 is 0 Å². The quantitative estimate of drug-likeness (QED) is 0.910. The number of ether oxygens (including phenoxy) is 2. The summed E-state index contributed by atoms with van der Waals surface area (Å²) in [6.45, 7) is 9.65. The molecule has 122 valence electrons. The molecule has 2 heterocycles. The Morgan fingerprint density at radius 2 is 1.95 bits per heavy atom. The lowest BCUT2D eigenvalue weighted by molar-refractivity contribution is 0.0918. The van der Waals surface area contributed by atoms with Crippen LogP contribution in [0.2, 0.25) is 0 Å². The molecule has 1 aromatic carbocycles. The highest BCUT2D eigenvalue weighted by Crippen LogP contribution is 2.36. The van der Waals surface area contributed by atoms with E-state index in [9.17, 15) is 0 Å². The van der Waals surface area contributed by atoms with Crippen LogP contribution in [0.25, 0.3) is 0 Å². The highest BCUT2D eigenvalue weighted by atomic mass is 16.5. The van der Waals surface area contributed by atoms with E-state index in [4.69, 9.17) is 15.2 Å². The number of nitrogens with two attached hydrogens (primary N) is 1. The molecule has 2 N–H and O–H groups in total. The van der Waals surface area contributed by atoms with Crippen LogP contribution in [0.5, 0.6) is 11.5 Å². The van der Waals surface area contributed by atoms with Crippen molar-refractivity contribution in [2.75, 3.05) is 53.0 Å². The number of likely N-dealkylation sites (N-methyl/N-ethyl adjacent to an activating group) is 1. The summed E-state index contributed by atoms with van der Waals surface area (Å²) in [5.74, 6) is 2.09. The van der Waals surface area contributed by atoms with E-state index in [2.05, 4.69) is 16.7 Å². The number of fused-ring (bicyclic) bond motifs is 1. The van der Waals surface area contributed by atoms with Crippen molar-refractivity contribution in [3.63, 3.8) is 0 Å². The van der Waals surface area contributed by atoms with Gasteiger partial charge in [0.15, 0.2) is 0 Å². The van der Waals surface area contributed by atoms with Gasteiger partial charge in [0.25, 0.3) is 0 Å². The fraction of sp³-hybridized carbons (Fsp3) is 0.647. The van der Waals surface area contributed by atoms with E-state index in [0.29, 0.717) is 12.5 Å². The van der Waals surface area contributed by atoms with Crippen LogP contribution in [0.1, 0.15) is 18.5 Å². The summed E-state index contributed by atoms with van der Waals surface area (Å²) in [6, 6.07) is 5.92. The van der Waals surface area contributed by atoms with Gasteiger partial charge in [0.2, 0.25) is 0 Å². The van der Waals surface area contributed by atoms with Gasteiger partial charge >= 0.3 is 0 Å². The lowest BCUT2D eigenvalue weighted by atomic mass is 9.90. The van der Waals surface area contributed by atoms with Gasteiger partial charge in [-0.3, -0.25) is 0 Å². The van der Waals surface area contributed by atoms with Gasteiger partial charge in [-0.25, -0.2) is 0 Å². The number of hydrogen-bond acceptors (Lipinski definition) is 5. The van der Waals surface area contributed by atoms with Crippen LogP contribution in [-0.4, -0.2) is 62.8 Å². The molecule has 2 aliphatic rings. The Morgan fingerprint density at radius 3 is 2.64 bits per heavy atom. The molecule has 1 aromatic rings. The third kappa shape index (κ3) is 3.21. The molecule has 2 unspecified atom stereocenters. The molecule has 0 radical (unpaired) electrons. The summed E-state index contributed by atoms with van der Waals surface area (Å²) in [7, 11) is 1.68. The minimum atomic E-state index is 0.0167. The van der Waals surface area contributed by atoms with Gasteiger partial charge in [0.05, 0.1) is 13.7 Å². The van der Waals surface area contributed by atoms with Crippen molar-refractivity contribution in [2.24, 2.45) is 11.7 Å². The SMILES string of the molecule is CCN1CCN(CC2COc3ccc(OC)cc3C2N)CC1. The minimum absolute atomic E-state index is 0.0167. The smallest absolute Gasteiger partial charge is 0.124 e. The first-order chi connectivity index (χ1) is 10.7. The summed E-state index contributed by atoms with van der Waals surface area (Å²) < 4.78 is 11.2. The monoisotopic (exact) mass is 305 g/mol. The first-order valence-electron chi connectivity index (χ1n) is 8.22. The Balaban J connectivity index is 1.64. The predicted molar refractivity (Wildman–Crippen MR) is 87.5 cm³/mol. The molecule has 22 heavy (non-hydrogen) atoms. The lowest BCUT2D eigenvalue weighted by Gasteiger charge is -2.39. The molecular formula is C17H27N3O2. The van der Waals surface area contributed by atoms with Crippen LogP contribution < -0.4 is 15.2 Å². The number of nitrogens with zero attached hydrogens (tertiary/aromatic N) is 2. The number of benzene rings is 1. The molecule has 1 saturated heterocycles. The normalized spacial score (nSPS) is 26.3. The summed E-state index contributed by atoms with van der Waals surface area (Å²) >= 11 is 0. The Labute approximate surface area is 133 Å². The van der Waals surface area contributed by atoms with Crippen LogP contribution in [0.4, 0.5) is 0 Å². The van der Waals surface area contributed by atoms with Gasteiger partial charge in [-0.1, -0.05) is 6.92 Å². The van der Waals surface area contributed by atoms with Gasteiger partial charge < -0.3 is 25.0 Å². The number of piperazine rings is 1. The van der Waals surface area contributed by atoms with E-state index in [0.717, 1.165) is 56.3 Å². The zero-order valence-electron chi connectivity index (χ0n) is 13.6. The Hall–Kier alpha value is -1.30. The summed E-state index contributed by atoms with van der Waals surface area (Å²) in [5.41, 5.74) is 7.58. The maximum atomic E-state index is 6.51. The highest BCUT2D eigenvalue weighted by molar-refractivity contribution is 5.43. The summed E-state index contributed by atoms with van der Waals surface area (Å²) in [6.07, 6.45) is 0. The number of hydrogen-bond donors (Lipinski definition) is 1. The maximum Gasteiger partial charge on any atom is 0.124 e. The van der Waals surface area contributed by atoms with Crippen molar-refractivity contribution in [1.29, 1.82) is 0 Å². The lowest BCUT2D eigenvalue weighted by Crippen LogP contribution is -2.49. The van der Waals surface area contributed by atoms with Crippen LogP contribution in [-0.2, 0) is 0 Å². The standard InChI is InChI=1S/C17H27N3O2/c1-3-19-6-8-20(9-7-19)11-13-12-22-16-5-4-14(21-2)10-15(16)17(13)18/h4-5,10,13,17H,3,6-9,11-12,18H2,1-2H3. The molecular weight excluding hydrogens is 278 g/mol. The van der Waals surface area contributed by atoms with Crippen molar-refractivity contribution in [3.8, 4) is 11.5 Å². The molecule has 0 aliphatic carbocycles. The van der Waals surface area contributed by atoms with E-state index in [-0.39, 0.29) is 6.04 Å². The largest absolute Gasteiger partial charge is 0.497 e. The van der Waals surface area contributed by atoms with Gasteiger partial charge in [-0.05, 0) is 24.7 Å². The summed E-state index contributed by atoms with van der Waals surface area (Å²) in [5, 5.41) is 0. The molecule has 0 spiro atoms. The Bertz CT molecular complexity index is 501. The average Bonchev–Trinajstić information content (AvgIpc) is 2.58. The molecule has 0 bridgehead atoms. The number of rotatable bonds is 4. The van der Waals surface area contributed by atoms with Crippen LogP contribution in [0.3, 0.4) is 0 Å². The maximum absolute atomic E-state index is 6.51. The fourth-order valence-corrected chi connectivity index (χ4v) is 3.39. The second kappa shape index (κ2) is 6.86. The van der Waals surface area contributed by atoms with Crippen molar-refractivity contribution < 1.29 is 9.47 Å². The van der Waals surface area contributed by atoms with Crippen LogP contribution in [0.15, 0.2) is 18.2 Å². The van der Waals surface area contributed by atoms with Gasteiger partial charge in [0.1, 0.15) is 11.5 Å². The third-order valence-electron chi connectivity index (χ3n) is 4.94. The average molecular weight is 305 g/mol. The predicted octanol–water partition coefficient (Wildman–Crippen LogP) is 1.34. The fourth-order valence-electron chi connectivity index (χ4n) is 3.39. The molecule has 3 rings (SSSR count). The minimum Gasteiger partial charge on any atom is -0.497 e. The van der Waals surface area contributed by atoms with Crippen molar-refractivity contribution in [1.82, 2.24) is 9.80 Å². The molecule has 0 aromatic heterocycles. The molecule has 5 nitrogen and oxygen atoms in total. The van der Waals surface area contributed by atoms with E-state index >= 15 is 0 Å². The van der Waals surface area contributed by atoms with E-state index in [1.807, 2.05) is 18.2 Å². The second-order valence-corrected chi connectivity index (χ2v) is 6.24. The molecule has 5 heteroatoms. The van der Waals surface area contributed by atoms with E-state index in [1.165, 1.54) is 0 Å². The zero-order valence-corrected chi connectivity index (χ0v) is 13.6. The van der Waals surface area contributed by atoms with Crippen molar-refractivity contribution in [3.05, 3.63) is 23.8 Å². The zero-order chi connectivity index (χ0) is 15.5. The van der Waals surface area contributed by atoms with Crippen molar-refractivity contribution >= 4 is 0 Å². The molecule has 2 aliphatic heterocycles. The van der Waals surface area contributed by atoms with E-state index in [1.54, 1.807) is 7.11 Å². The summed E-state index contributed by atoms with van der Waals surface area (Å²) in [4.78, 5) is 5.01. The topological polar surface area (TPSA) is 51.0 Å². The van der Waals surface area contributed by atoms with Gasteiger partial charge in [-0.2, -0.15) is 0 Å². The van der Waals surface area contributed by atoms with Gasteiger partial charge in [-0.15, -0.1) is 0 Å². The number of methoxy groups -OCH3 is 1. The van der Waals surface area contributed by atoms with Crippen LogP contribution in [0, 0.1) is 5.92 Å². The molecule has 2 atom stereocenters. The highest BCUT2D eigenvalue weighted by Gasteiger charge is 2.30. The Kier molecular flexibility index (Phi) is 4.86. The van der Waals surface area contributed by atoms with Gasteiger partial charge in [0, 0.05) is 50.2 Å².